The molecule has 1 saturated carbocycles. The highest BCUT2D eigenvalue weighted by Crippen LogP contribution is 2.36. The van der Waals surface area contributed by atoms with E-state index in [-0.39, 0.29) is 0 Å². The van der Waals surface area contributed by atoms with Gasteiger partial charge in [-0.15, -0.1) is 0 Å². The van der Waals surface area contributed by atoms with Crippen molar-refractivity contribution in [2.75, 3.05) is 0 Å². The molecule has 1 aliphatic carbocycles. The van der Waals surface area contributed by atoms with E-state index in [0.29, 0.717) is 11.2 Å². The van der Waals surface area contributed by atoms with Crippen LogP contribution in [0.2, 0.25) is 0 Å². The van der Waals surface area contributed by atoms with Gasteiger partial charge in [-0.3, -0.25) is 0 Å². The Morgan fingerprint density at radius 2 is 2.27 bits per heavy atom. The SMILES string of the molecule is C=C(N)C1CCC(C(C)S)C1. The summed E-state index contributed by atoms with van der Waals surface area (Å²) >= 11 is 4.43. The van der Waals surface area contributed by atoms with Crippen molar-refractivity contribution in [2.45, 2.75) is 31.4 Å². The molecule has 0 bridgehead atoms. The van der Waals surface area contributed by atoms with Gasteiger partial charge in [0.25, 0.3) is 0 Å². The van der Waals surface area contributed by atoms with E-state index in [1.165, 1.54) is 19.3 Å². The molecule has 2 N–H and O–H groups in total. The van der Waals surface area contributed by atoms with Crippen molar-refractivity contribution in [3.8, 4) is 0 Å². The minimum Gasteiger partial charge on any atom is -0.402 e. The van der Waals surface area contributed by atoms with Gasteiger partial charge in [-0.1, -0.05) is 13.5 Å². The molecular formula is C9H17NS. The van der Waals surface area contributed by atoms with Crippen molar-refractivity contribution in [1.82, 2.24) is 0 Å². The molecule has 0 aromatic heterocycles. The van der Waals surface area contributed by atoms with E-state index in [1.54, 1.807) is 0 Å². The number of nitrogens with two attached hydrogens (primary N) is 1. The van der Waals surface area contributed by atoms with Crippen LogP contribution in [-0.2, 0) is 0 Å². The molecule has 0 aromatic rings. The van der Waals surface area contributed by atoms with Gasteiger partial charge < -0.3 is 5.73 Å². The molecule has 0 spiro atoms. The number of rotatable bonds is 2. The van der Waals surface area contributed by atoms with Crippen LogP contribution in [0.25, 0.3) is 0 Å². The highest BCUT2D eigenvalue weighted by Gasteiger charge is 2.27. The van der Waals surface area contributed by atoms with Crippen molar-refractivity contribution in [2.24, 2.45) is 17.6 Å². The molecule has 0 aliphatic heterocycles. The Balaban J connectivity index is 2.41. The first-order chi connectivity index (χ1) is 5.11. The first kappa shape index (κ1) is 8.98. The summed E-state index contributed by atoms with van der Waals surface area (Å²) in [6.45, 7) is 5.95. The van der Waals surface area contributed by atoms with Crippen LogP contribution in [0.5, 0.6) is 0 Å². The second-order valence-electron chi connectivity index (χ2n) is 3.59. The molecule has 0 aromatic carbocycles. The Kier molecular flexibility index (Phi) is 2.88. The van der Waals surface area contributed by atoms with E-state index in [0.717, 1.165) is 11.6 Å². The first-order valence-corrected chi connectivity index (χ1v) is 4.75. The number of thiol groups is 1. The molecule has 0 saturated heterocycles. The average molecular weight is 171 g/mol. The molecule has 0 amide bonds. The van der Waals surface area contributed by atoms with Crippen LogP contribution < -0.4 is 5.73 Å². The fraction of sp³-hybridized carbons (Fsp3) is 0.778. The summed E-state index contributed by atoms with van der Waals surface area (Å²) in [5, 5.41) is 0.513. The summed E-state index contributed by atoms with van der Waals surface area (Å²) in [6.07, 6.45) is 3.68. The molecule has 11 heavy (non-hydrogen) atoms. The lowest BCUT2D eigenvalue weighted by Crippen LogP contribution is -2.10. The van der Waals surface area contributed by atoms with Crippen molar-refractivity contribution < 1.29 is 0 Å². The van der Waals surface area contributed by atoms with Crippen molar-refractivity contribution in [3.63, 3.8) is 0 Å². The molecule has 3 atom stereocenters. The number of hydrogen-bond acceptors (Lipinski definition) is 2. The maximum atomic E-state index is 5.64. The van der Waals surface area contributed by atoms with Crippen LogP contribution >= 0.6 is 12.6 Å². The number of hydrogen-bond donors (Lipinski definition) is 2. The van der Waals surface area contributed by atoms with E-state index in [9.17, 15) is 0 Å². The molecular weight excluding hydrogens is 154 g/mol. The van der Waals surface area contributed by atoms with Gasteiger partial charge >= 0.3 is 0 Å². The van der Waals surface area contributed by atoms with Gasteiger partial charge in [0.2, 0.25) is 0 Å². The molecule has 3 unspecified atom stereocenters. The molecule has 1 aliphatic rings. The summed E-state index contributed by atoms with van der Waals surface area (Å²) < 4.78 is 0. The van der Waals surface area contributed by atoms with E-state index in [2.05, 4.69) is 26.1 Å². The Bertz CT molecular complexity index is 154. The maximum absolute atomic E-state index is 5.64. The average Bonchev–Trinajstić information content (AvgIpc) is 2.33. The van der Waals surface area contributed by atoms with Crippen LogP contribution in [-0.4, -0.2) is 5.25 Å². The van der Waals surface area contributed by atoms with Gasteiger partial charge in [0.1, 0.15) is 0 Å². The first-order valence-electron chi connectivity index (χ1n) is 4.23. The Hall–Kier alpha value is -0.110. The van der Waals surface area contributed by atoms with E-state index < -0.39 is 0 Å². The predicted molar refractivity (Wildman–Crippen MR) is 52.6 cm³/mol. The highest BCUT2D eigenvalue weighted by molar-refractivity contribution is 7.80. The maximum Gasteiger partial charge on any atom is 0.00391 e. The topological polar surface area (TPSA) is 26.0 Å². The summed E-state index contributed by atoms with van der Waals surface area (Å²) in [7, 11) is 0. The van der Waals surface area contributed by atoms with Crippen LogP contribution in [0.15, 0.2) is 12.3 Å². The molecule has 1 fully saturated rings. The lowest BCUT2D eigenvalue weighted by atomic mass is 10.0. The number of allylic oxidation sites excluding steroid dienone is 1. The summed E-state index contributed by atoms with van der Waals surface area (Å²) in [6, 6.07) is 0. The zero-order valence-electron chi connectivity index (χ0n) is 7.09. The molecule has 0 radical (unpaired) electrons. The quantitative estimate of drug-likeness (QED) is 0.612. The summed E-state index contributed by atoms with van der Waals surface area (Å²) in [5.74, 6) is 1.32. The Labute approximate surface area is 74.5 Å². The second-order valence-corrected chi connectivity index (χ2v) is 4.40. The zero-order valence-corrected chi connectivity index (χ0v) is 7.98. The van der Waals surface area contributed by atoms with Crippen LogP contribution in [0.4, 0.5) is 0 Å². The van der Waals surface area contributed by atoms with Gasteiger partial charge in [0.05, 0.1) is 0 Å². The largest absolute Gasteiger partial charge is 0.402 e. The Morgan fingerprint density at radius 3 is 2.55 bits per heavy atom. The molecule has 1 rings (SSSR count). The summed E-state index contributed by atoms with van der Waals surface area (Å²) in [4.78, 5) is 0. The summed E-state index contributed by atoms with van der Waals surface area (Å²) in [5.41, 5.74) is 6.50. The van der Waals surface area contributed by atoms with Gasteiger partial charge in [0, 0.05) is 10.9 Å². The lowest BCUT2D eigenvalue weighted by Gasteiger charge is -2.13. The minimum absolute atomic E-state index is 0.513. The smallest absolute Gasteiger partial charge is 0.00391 e. The second kappa shape index (κ2) is 3.53. The van der Waals surface area contributed by atoms with Gasteiger partial charge in [-0.05, 0) is 31.1 Å². The third-order valence-corrected chi connectivity index (χ3v) is 3.10. The van der Waals surface area contributed by atoms with Crippen molar-refractivity contribution in [1.29, 1.82) is 0 Å². The highest BCUT2D eigenvalue weighted by atomic mass is 32.1. The van der Waals surface area contributed by atoms with Gasteiger partial charge in [-0.2, -0.15) is 12.6 Å². The van der Waals surface area contributed by atoms with Gasteiger partial charge in [0.15, 0.2) is 0 Å². The minimum atomic E-state index is 0.513. The van der Waals surface area contributed by atoms with Crippen LogP contribution in [0, 0.1) is 11.8 Å². The monoisotopic (exact) mass is 171 g/mol. The Morgan fingerprint density at radius 1 is 1.64 bits per heavy atom. The van der Waals surface area contributed by atoms with Crippen LogP contribution in [0.1, 0.15) is 26.2 Å². The standard InChI is InChI=1S/C9H17NS/c1-6(10)8-3-4-9(5-8)7(2)11/h7-9,11H,1,3-5,10H2,2H3. The fourth-order valence-corrected chi connectivity index (χ4v) is 2.06. The molecule has 0 heterocycles. The lowest BCUT2D eigenvalue weighted by molar-refractivity contribution is 0.521. The molecule has 64 valence electrons. The molecule has 2 heteroatoms. The molecule has 1 nitrogen and oxygen atoms in total. The van der Waals surface area contributed by atoms with Gasteiger partial charge in [-0.25, -0.2) is 0 Å². The van der Waals surface area contributed by atoms with Crippen LogP contribution in [0.3, 0.4) is 0 Å². The third kappa shape index (κ3) is 2.16. The van der Waals surface area contributed by atoms with E-state index in [1.807, 2.05) is 0 Å². The third-order valence-electron chi connectivity index (χ3n) is 2.68. The zero-order chi connectivity index (χ0) is 8.43. The van der Waals surface area contributed by atoms with E-state index in [4.69, 9.17) is 5.73 Å². The van der Waals surface area contributed by atoms with Crippen molar-refractivity contribution >= 4 is 12.6 Å². The fourth-order valence-electron chi connectivity index (χ4n) is 1.79. The van der Waals surface area contributed by atoms with Crippen molar-refractivity contribution in [3.05, 3.63) is 12.3 Å². The predicted octanol–water partition coefficient (Wildman–Crippen LogP) is 2.19. The van der Waals surface area contributed by atoms with E-state index >= 15 is 0 Å². The normalized spacial score (nSPS) is 33.6.